The van der Waals surface area contributed by atoms with Crippen LogP contribution in [0.3, 0.4) is 0 Å². The van der Waals surface area contributed by atoms with Crippen molar-refractivity contribution in [3.05, 3.63) is 0 Å². The molecule has 2 nitrogen and oxygen atoms in total. The molecule has 12 heavy (non-hydrogen) atoms. The third-order valence-corrected chi connectivity index (χ3v) is 2.86. The molecule has 0 spiro atoms. The van der Waals surface area contributed by atoms with Crippen LogP contribution in [-0.4, -0.2) is 30.6 Å². The maximum atomic E-state index is 5.65. The fourth-order valence-corrected chi connectivity index (χ4v) is 2.22. The highest BCUT2D eigenvalue weighted by atomic mass is 15.2. The molecule has 1 heterocycles. The van der Waals surface area contributed by atoms with Crippen LogP contribution in [0.4, 0.5) is 0 Å². The Bertz CT molecular complexity index is 126. The lowest BCUT2D eigenvalue weighted by Gasteiger charge is -2.38. The van der Waals surface area contributed by atoms with Crippen molar-refractivity contribution in [3.8, 4) is 0 Å². The Morgan fingerprint density at radius 3 is 2.25 bits per heavy atom. The molecule has 0 bridgehead atoms. The zero-order valence-corrected chi connectivity index (χ0v) is 8.59. The minimum absolute atomic E-state index is 0.565. The highest BCUT2D eigenvalue weighted by molar-refractivity contribution is 4.78. The minimum atomic E-state index is 0.565. The fourth-order valence-electron chi connectivity index (χ4n) is 2.22. The van der Waals surface area contributed by atoms with Gasteiger partial charge in [0.05, 0.1) is 0 Å². The fraction of sp³-hybridized carbons (Fsp3) is 1.00. The van der Waals surface area contributed by atoms with Gasteiger partial charge in [0.25, 0.3) is 0 Å². The Hall–Kier alpha value is -0.0800. The third-order valence-electron chi connectivity index (χ3n) is 2.86. The van der Waals surface area contributed by atoms with Crippen molar-refractivity contribution in [1.82, 2.24) is 4.90 Å². The monoisotopic (exact) mass is 170 g/mol. The molecule has 72 valence electrons. The Balaban J connectivity index is 2.43. The summed E-state index contributed by atoms with van der Waals surface area (Å²) in [5.74, 6) is 1.70. The summed E-state index contributed by atoms with van der Waals surface area (Å²) in [6, 6.07) is 0.565. The van der Waals surface area contributed by atoms with Gasteiger partial charge < -0.3 is 5.73 Å². The van der Waals surface area contributed by atoms with Gasteiger partial charge in [-0.2, -0.15) is 0 Å². The van der Waals surface area contributed by atoms with E-state index in [0.717, 1.165) is 18.4 Å². The van der Waals surface area contributed by atoms with Crippen molar-refractivity contribution in [2.45, 2.75) is 33.2 Å². The second-order valence-corrected chi connectivity index (χ2v) is 4.48. The van der Waals surface area contributed by atoms with Crippen molar-refractivity contribution in [2.24, 2.45) is 17.6 Å². The Morgan fingerprint density at radius 1 is 1.33 bits per heavy atom. The van der Waals surface area contributed by atoms with E-state index in [1.165, 1.54) is 19.5 Å². The first kappa shape index (κ1) is 10.0. The van der Waals surface area contributed by atoms with E-state index in [1.54, 1.807) is 0 Å². The molecular weight excluding hydrogens is 148 g/mol. The standard InChI is InChI=1S/C10H22N2/c1-8-4-9(2)7-12(6-8)10(3)5-11/h8-10H,4-7,11H2,1-3H3/t8-,9-,10-/m1/s1. The molecule has 1 aliphatic heterocycles. The number of piperidine rings is 1. The zero-order chi connectivity index (χ0) is 9.14. The second kappa shape index (κ2) is 4.24. The largest absolute Gasteiger partial charge is 0.329 e. The predicted octanol–water partition coefficient (Wildman–Crippen LogP) is 1.31. The smallest absolute Gasteiger partial charge is 0.0190 e. The molecule has 0 radical (unpaired) electrons. The molecule has 2 N–H and O–H groups in total. The maximum absolute atomic E-state index is 5.65. The second-order valence-electron chi connectivity index (χ2n) is 4.48. The summed E-state index contributed by atoms with van der Waals surface area (Å²) < 4.78 is 0. The number of rotatable bonds is 2. The molecular formula is C10H22N2. The minimum Gasteiger partial charge on any atom is -0.329 e. The highest BCUT2D eigenvalue weighted by Crippen LogP contribution is 2.21. The van der Waals surface area contributed by atoms with E-state index >= 15 is 0 Å². The normalized spacial score (nSPS) is 35.0. The summed E-state index contributed by atoms with van der Waals surface area (Å²) >= 11 is 0. The molecule has 0 aromatic heterocycles. The number of nitrogens with zero attached hydrogens (tertiary/aromatic N) is 1. The van der Waals surface area contributed by atoms with Gasteiger partial charge in [0, 0.05) is 25.7 Å². The van der Waals surface area contributed by atoms with Gasteiger partial charge in [-0.1, -0.05) is 13.8 Å². The quantitative estimate of drug-likeness (QED) is 0.677. The van der Waals surface area contributed by atoms with E-state index in [4.69, 9.17) is 5.73 Å². The number of hydrogen-bond donors (Lipinski definition) is 1. The maximum Gasteiger partial charge on any atom is 0.0190 e. The van der Waals surface area contributed by atoms with Gasteiger partial charge in [-0.25, -0.2) is 0 Å². The van der Waals surface area contributed by atoms with Gasteiger partial charge in [-0.05, 0) is 25.2 Å². The lowest BCUT2D eigenvalue weighted by Crippen LogP contribution is -2.46. The van der Waals surface area contributed by atoms with Crippen LogP contribution >= 0.6 is 0 Å². The molecule has 0 unspecified atom stereocenters. The molecule has 0 aromatic carbocycles. The van der Waals surface area contributed by atoms with Gasteiger partial charge in [0.15, 0.2) is 0 Å². The molecule has 3 atom stereocenters. The van der Waals surface area contributed by atoms with Crippen LogP contribution in [0.25, 0.3) is 0 Å². The van der Waals surface area contributed by atoms with E-state index in [-0.39, 0.29) is 0 Å². The summed E-state index contributed by atoms with van der Waals surface area (Å²) in [5, 5.41) is 0. The van der Waals surface area contributed by atoms with Crippen LogP contribution in [0, 0.1) is 11.8 Å². The predicted molar refractivity (Wildman–Crippen MR) is 53.0 cm³/mol. The first-order chi connectivity index (χ1) is 5.63. The number of hydrogen-bond acceptors (Lipinski definition) is 2. The van der Waals surface area contributed by atoms with Gasteiger partial charge in [0.2, 0.25) is 0 Å². The topological polar surface area (TPSA) is 29.3 Å². The summed E-state index contributed by atoms with van der Waals surface area (Å²) in [5.41, 5.74) is 5.65. The van der Waals surface area contributed by atoms with Crippen LogP contribution in [0.1, 0.15) is 27.2 Å². The number of nitrogens with two attached hydrogens (primary N) is 1. The lowest BCUT2D eigenvalue weighted by atomic mass is 9.91. The Morgan fingerprint density at radius 2 is 1.83 bits per heavy atom. The molecule has 1 aliphatic rings. The average molecular weight is 170 g/mol. The van der Waals surface area contributed by atoms with Gasteiger partial charge in [-0.3, -0.25) is 4.90 Å². The summed E-state index contributed by atoms with van der Waals surface area (Å²) in [6.45, 7) is 10.2. The molecule has 0 amide bonds. The van der Waals surface area contributed by atoms with E-state index in [1.807, 2.05) is 0 Å². The Labute approximate surface area is 76.1 Å². The van der Waals surface area contributed by atoms with Crippen molar-refractivity contribution in [1.29, 1.82) is 0 Å². The van der Waals surface area contributed by atoms with Crippen LogP contribution in [0.5, 0.6) is 0 Å². The van der Waals surface area contributed by atoms with Crippen LogP contribution in [-0.2, 0) is 0 Å². The SMILES string of the molecule is C[C@@H]1C[C@@H](C)CN([C@H](C)CN)C1. The van der Waals surface area contributed by atoms with Crippen LogP contribution in [0.15, 0.2) is 0 Å². The van der Waals surface area contributed by atoms with Crippen LogP contribution in [0.2, 0.25) is 0 Å². The summed E-state index contributed by atoms with van der Waals surface area (Å²) in [6.07, 6.45) is 1.38. The van der Waals surface area contributed by atoms with E-state index in [9.17, 15) is 0 Å². The van der Waals surface area contributed by atoms with Gasteiger partial charge in [-0.15, -0.1) is 0 Å². The zero-order valence-electron chi connectivity index (χ0n) is 8.59. The van der Waals surface area contributed by atoms with E-state index < -0.39 is 0 Å². The van der Waals surface area contributed by atoms with Crippen molar-refractivity contribution in [3.63, 3.8) is 0 Å². The lowest BCUT2D eigenvalue weighted by molar-refractivity contribution is 0.106. The summed E-state index contributed by atoms with van der Waals surface area (Å²) in [4.78, 5) is 2.53. The third kappa shape index (κ3) is 2.46. The van der Waals surface area contributed by atoms with E-state index in [0.29, 0.717) is 6.04 Å². The summed E-state index contributed by atoms with van der Waals surface area (Å²) in [7, 11) is 0. The van der Waals surface area contributed by atoms with Crippen molar-refractivity contribution < 1.29 is 0 Å². The molecule has 0 saturated carbocycles. The van der Waals surface area contributed by atoms with Gasteiger partial charge >= 0.3 is 0 Å². The number of likely N-dealkylation sites (tertiary alicyclic amines) is 1. The molecule has 2 heteroatoms. The first-order valence-electron chi connectivity index (χ1n) is 5.07. The Kier molecular flexibility index (Phi) is 3.53. The van der Waals surface area contributed by atoms with Gasteiger partial charge in [0.1, 0.15) is 0 Å². The average Bonchev–Trinajstić information content (AvgIpc) is 2.01. The van der Waals surface area contributed by atoms with Crippen molar-refractivity contribution >= 4 is 0 Å². The first-order valence-corrected chi connectivity index (χ1v) is 5.07. The van der Waals surface area contributed by atoms with E-state index in [2.05, 4.69) is 25.7 Å². The molecule has 1 saturated heterocycles. The van der Waals surface area contributed by atoms with Crippen molar-refractivity contribution in [2.75, 3.05) is 19.6 Å². The molecule has 1 rings (SSSR count). The van der Waals surface area contributed by atoms with Crippen LogP contribution < -0.4 is 5.73 Å². The molecule has 1 fully saturated rings. The molecule has 0 aromatic rings. The highest BCUT2D eigenvalue weighted by Gasteiger charge is 2.24. The molecule has 0 aliphatic carbocycles.